The summed E-state index contributed by atoms with van der Waals surface area (Å²) in [6, 6.07) is 16.1. The first-order valence-corrected chi connectivity index (χ1v) is 12.0. The zero-order chi connectivity index (χ0) is 28.4. The van der Waals surface area contributed by atoms with E-state index in [1.807, 2.05) is 0 Å². The van der Waals surface area contributed by atoms with Crippen molar-refractivity contribution in [2.75, 3.05) is 20.8 Å². The Morgan fingerprint density at radius 2 is 1.98 bits per heavy atom. The van der Waals surface area contributed by atoms with Crippen LogP contribution in [-0.2, 0) is 9.53 Å². The van der Waals surface area contributed by atoms with Crippen LogP contribution in [0.15, 0.2) is 75.0 Å². The number of benzene rings is 3. The molecule has 0 aliphatic heterocycles. The molecule has 2 aromatic heterocycles. The van der Waals surface area contributed by atoms with Crippen molar-refractivity contribution in [2.24, 2.45) is 5.10 Å². The van der Waals surface area contributed by atoms with Crippen LogP contribution in [0.4, 0.5) is 5.69 Å². The fourth-order valence-corrected chi connectivity index (χ4v) is 4.12. The number of nitro groups is 1. The zero-order valence-corrected chi connectivity index (χ0v) is 21.7. The second-order valence-corrected chi connectivity index (χ2v) is 8.74. The fourth-order valence-electron chi connectivity index (χ4n) is 3.94. The molecule has 40 heavy (non-hydrogen) atoms. The highest BCUT2D eigenvalue weighted by molar-refractivity contribution is 6.31. The summed E-state index contributed by atoms with van der Waals surface area (Å²) in [6.45, 7) is -0.564. The van der Waals surface area contributed by atoms with Gasteiger partial charge in [0.1, 0.15) is 5.58 Å². The van der Waals surface area contributed by atoms with E-state index in [9.17, 15) is 19.7 Å². The summed E-state index contributed by atoms with van der Waals surface area (Å²) in [5.74, 6) is -0.663. The lowest BCUT2D eigenvalue weighted by molar-refractivity contribution is -0.385. The molecule has 0 aliphatic carbocycles. The molecule has 0 spiro atoms. The number of nitro benzene ring substituents is 1. The maximum absolute atomic E-state index is 13.5. The van der Waals surface area contributed by atoms with Crippen molar-refractivity contribution in [3.8, 4) is 23.1 Å². The monoisotopic (exact) mass is 562 g/mol. The SMILES string of the molecule is COC(=O)COc1c(OC)cc(C=Nn2c(-c3cc4cc(Cl)ccc4o3)nc3ccccc3c2=O)cc1[N+](=O)[O-]. The summed E-state index contributed by atoms with van der Waals surface area (Å²) in [4.78, 5) is 40.7. The van der Waals surface area contributed by atoms with E-state index in [1.165, 1.54) is 25.5 Å². The van der Waals surface area contributed by atoms with Gasteiger partial charge in [-0.15, -0.1) is 0 Å². The summed E-state index contributed by atoms with van der Waals surface area (Å²) in [5.41, 5.74) is 0.186. The third kappa shape index (κ3) is 5.07. The fraction of sp³-hybridized carbons (Fsp3) is 0.111. The molecule has 0 radical (unpaired) electrons. The van der Waals surface area contributed by atoms with Gasteiger partial charge in [0.15, 0.2) is 18.1 Å². The van der Waals surface area contributed by atoms with Crippen LogP contribution in [0.3, 0.4) is 0 Å². The van der Waals surface area contributed by atoms with E-state index < -0.39 is 28.7 Å². The summed E-state index contributed by atoms with van der Waals surface area (Å²) in [7, 11) is 2.45. The van der Waals surface area contributed by atoms with Crippen molar-refractivity contribution in [1.29, 1.82) is 0 Å². The number of aromatic nitrogens is 2. The van der Waals surface area contributed by atoms with Gasteiger partial charge >= 0.3 is 11.7 Å². The van der Waals surface area contributed by atoms with E-state index in [2.05, 4.69) is 14.8 Å². The Labute approximate surface area is 230 Å². The van der Waals surface area contributed by atoms with Crippen LogP contribution in [-0.4, -0.2) is 47.6 Å². The number of rotatable bonds is 8. The molecule has 202 valence electrons. The van der Waals surface area contributed by atoms with Crippen molar-refractivity contribution in [1.82, 2.24) is 9.66 Å². The van der Waals surface area contributed by atoms with Gasteiger partial charge in [-0.2, -0.15) is 9.78 Å². The topological polar surface area (TPSA) is 148 Å². The molecule has 12 nitrogen and oxygen atoms in total. The van der Waals surface area contributed by atoms with Gasteiger partial charge in [-0.25, -0.2) is 9.78 Å². The molecule has 0 atom stereocenters. The summed E-state index contributed by atoms with van der Waals surface area (Å²) < 4.78 is 22.1. The lowest BCUT2D eigenvalue weighted by Crippen LogP contribution is -2.20. The molecule has 0 fully saturated rings. The van der Waals surface area contributed by atoms with Gasteiger partial charge in [0.25, 0.3) is 5.56 Å². The minimum atomic E-state index is -0.731. The second-order valence-electron chi connectivity index (χ2n) is 8.30. The van der Waals surface area contributed by atoms with Crippen LogP contribution in [0.25, 0.3) is 33.5 Å². The van der Waals surface area contributed by atoms with Crippen molar-refractivity contribution in [2.45, 2.75) is 0 Å². The van der Waals surface area contributed by atoms with E-state index in [-0.39, 0.29) is 28.6 Å². The molecule has 2 heterocycles. The summed E-state index contributed by atoms with van der Waals surface area (Å²) >= 11 is 6.11. The number of halogens is 1. The molecule has 5 rings (SSSR count). The molecule has 5 aromatic rings. The minimum absolute atomic E-state index is 0.0297. The van der Waals surface area contributed by atoms with Gasteiger partial charge in [-0.3, -0.25) is 14.9 Å². The highest BCUT2D eigenvalue weighted by Gasteiger charge is 2.23. The van der Waals surface area contributed by atoms with Crippen LogP contribution in [0.2, 0.25) is 5.02 Å². The normalized spacial score (nSPS) is 11.3. The van der Waals surface area contributed by atoms with E-state index in [4.69, 9.17) is 25.5 Å². The average Bonchev–Trinajstić information content (AvgIpc) is 3.38. The Balaban J connectivity index is 1.64. The molecular formula is C27H19ClN4O8. The molecule has 0 saturated heterocycles. The van der Waals surface area contributed by atoms with Gasteiger partial charge in [-0.05, 0) is 42.5 Å². The molecular weight excluding hydrogens is 544 g/mol. The van der Waals surface area contributed by atoms with E-state index in [0.29, 0.717) is 26.9 Å². The van der Waals surface area contributed by atoms with Crippen molar-refractivity contribution >= 4 is 51.3 Å². The number of ether oxygens (including phenoxy) is 3. The van der Waals surface area contributed by atoms with Crippen LogP contribution < -0.4 is 15.0 Å². The number of nitrogens with zero attached hydrogens (tertiary/aromatic N) is 4. The highest BCUT2D eigenvalue weighted by atomic mass is 35.5. The summed E-state index contributed by atoms with van der Waals surface area (Å²) in [6.07, 6.45) is 1.24. The summed E-state index contributed by atoms with van der Waals surface area (Å²) in [5, 5.41) is 17.6. The molecule has 0 saturated carbocycles. The second kappa shape index (κ2) is 10.9. The van der Waals surface area contributed by atoms with E-state index in [0.717, 1.165) is 11.8 Å². The number of methoxy groups -OCH3 is 2. The number of carbonyl (C=O) groups is 1. The molecule has 0 aliphatic rings. The first-order chi connectivity index (χ1) is 19.3. The Bertz CT molecular complexity index is 1880. The number of para-hydroxylation sites is 1. The molecule has 13 heteroatoms. The Morgan fingerprint density at radius 3 is 2.73 bits per heavy atom. The molecule has 0 N–H and O–H groups in total. The largest absolute Gasteiger partial charge is 0.493 e. The van der Waals surface area contributed by atoms with Crippen LogP contribution in [0.5, 0.6) is 11.5 Å². The molecule has 0 bridgehead atoms. The Morgan fingerprint density at radius 1 is 1.18 bits per heavy atom. The van der Waals surface area contributed by atoms with Crippen molar-refractivity contribution < 1.29 is 28.3 Å². The van der Waals surface area contributed by atoms with Gasteiger partial charge in [0, 0.05) is 22.0 Å². The third-order valence-corrected chi connectivity index (χ3v) is 6.05. The predicted molar refractivity (Wildman–Crippen MR) is 146 cm³/mol. The number of esters is 1. The molecule has 3 aromatic carbocycles. The number of hydrogen-bond acceptors (Lipinski definition) is 10. The number of carbonyl (C=O) groups excluding carboxylic acids is 1. The maximum atomic E-state index is 13.5. The minimum Gasteiger partial charge on any atom is -0.493 e. The maximum Gasteiger partial charge on any atom is 0.343 e. The van der Waals surface area contributed by atoms with E-state index in [1.54, 1.807) is 48.5 Å². The van der Waals surface area contributed by atoms with Crippen molar-refractivity contribution in [3.63, 3.8) is 0 Å². The van der Waals surface area contributed by atoms with E-state index >= 15 is 0 Å². The Hall–Kier alpha value is -5.23. The zero-order valence-electron chi connectivity index (χ0n) is 21.0. The first-order valence-electron chi connectivity index (χ1n) is 11.6. The number of fused-ring (bicyclic) bond motifs is 2. The number of furan rings is 1. The van der Waals surface area contributed by atoms with Gasteiger partial charge in [-0.1, -0.05) is 23.7 Å². The highest BCUT2D eigenvalue weighted by Crippen LogP contribution is 2.38. The van der Waals surface area contributed by atoms with Crippen LogP contribution in [0, 0.1) is 10.1 Å². The van der Waals surface area contributed by atoms with Gasteiger partial charge in [0.2, 0.25) is 11.6 Å². The standard InChI is InChI=1S/C27H19ClN4O8/c1-37-22-10-15(9-20(32(35)36)25(22)39-14-24(33)38-2)13-29-31-26(30-19-6-4-3-5-18(19)27(31)34)23-12-16-11-17(28)7-8-21(16)40-23/h3-13H,14H2,1-2H3. The quantitative estimate of drug-likeness (QED) is 0.112. The first kappa shape index (κ1) is 26.4. The molecule has 0 amide bonds. The third-order valence-electron chi connectivity index (χ3n) is 5.81. The lowest BCUT2D eigenvalue weighted by atomic mass is 10.2. The lowest BCUT2D eigenvalue weighted by Gasteiger charge is -2.11. The van der Waals surface area contributed by atoms with Crippen LogP contribution in [0.1, 0.15) is 5.56 Å². The average molecular weight is 563 g/mol. The van der Waals surface area contributed by atoms with Crippen molar-refractivity contribution in [3.05, 3.63) is 91.7 Å². The molecule has 0 unspecified atom stereocenters. The predicted octanol–water partition coefficient (Wildman–Crippen LogP) is 4.81. The van der Waals surface area contributed by atoms with Crippen LogP contribution >= 0.6 is 11.6 Å². The number of hydrogen-bond donors (Lipinski definition) is 0. The smallest absolute Gasteiger partial charge is 0.343 e. The van der Waals surface area contributed by atoms with Gasteiger partial charge in [0.05, 0.1) is 36.3 Å². The van der Waals surface area contributed by atoms with Gasteiger partial charge < -0.3 is 18.6 Å². The Kier molecular flexibility index (Phi) is 7.17.